The first-order valence-electron chi connectivity index (χ1n) is 9.87. The van der Waals surface area contributed by atoms with Crippen molar-refractivity contribution in [3.05, 3.63) is 65.2 Å². The monoisotopic (exact) mass is 380 g/mol. The zero-order valence-corrected chi connectivity index (χ0v) is 16.7. The van der Waals surface area contributed by atoms with E-state index in [2.05, 4.69) is 11.8 Å². The predicted molar refractivity (Wildman–Crippen MR) is 110 cm³/mol. The van der Waals surface area contributed by atoms with Crippen molar-refractivity contribution in [3.8, 4) is 5.75 Å². The highest BCUT2D eigenvalue weighted by Crippen LogP contribution is 2.12. The highest BCUT2D eigenvalue weighted by atomic mass is 16.5. The summed E-state index contributed by atoms with van der Waals surface area (Å²) in [6.07, 6.45) is 0.970. The molecule has 0 radical (unpaired) electrons. The van der Waals surface area contributed by atoms with Crippen LogP contribution in [0.4, 0.5) is 0 Å². The summed E-state index contributed by atoms with van der Waals surface area (Å²) in [5, 5.41) is 0. The van der Waals surface area contributed by atoms with Crippen molar-refractivity contribution < 1.29 is 14.3 Å². The Morgan fingerprint density at radius 1 is 0.929 bits per heavy atom. The first-order chi connectivity index (χ1) is 13.5. The van der Waals surface area contributed by atoms with Crippen LogP contribution in [0.25, 0.3) is 0 Å². The van der Waals surface area contributed by atoms with Gasteiger partial charge in [0.05, 0.1) is 6.54 Å². The van der Waals surface area contributed by atoms with E-state index >= 15 is 0 Å². The topological polar surface area (TPSA) is 49.9 Å². The van der Waals surface area contributed by atoms with E-state index in [0.717, 1.165) is 17.5 Å². The van der Waals surface area contributed by atoms with Gasteiger partial charge in [0.2, 0.25) is 0 Å². The van der Waals surface area contributed by atoms with Crippen LogP contribution in [0.2, 0.25) is 0 Å². The Morgan fingerprint density at radius 3 is 2.18 bits per heavy atom. The summed E-state index contributed by atoms with van der Waals surface area (Å²) in [4.78, 5) is 28.8. The minimum Gasteiger partial charge on any atom is -0.484 e. The summed E-state index contributed by atoms with van der Waals surface area (Å²) in [5.41, 5.74) is 3.14. The Kier molecular flexibility index (Phi) is 6.82. The smallest absolute Gasteiger partial charge is 0.260 e. The van der Waals surface area contributed by atoms with E-state index in [9.17, 15) is 9.59 Å². The highest BCUT2D eigenvalue weighted by molar-refractivity contribution is 5.97. The highest BCUT2D eigenvalue weighted by Gasteiger charge is 2.23. The minimum atomic E-state index is -0.0123. The standard InChI is InChI=1S/C23H28N2O3/c1-3-19-6-8-20(9-7-19)22(26)16-24-12-14-25(15-13-24)23(27)17-28-21-10-4-18(2)5-11-21/h4-11H,3,12-17H2,1-2H3. The second-order valence-electron chi connectivity index (χ2n) is 7.23. The Morgan fingerprint density at radius 2 is 1.57 bits per heavy atom. The van der Waals surface area contributed by atoms with Gasteiger partial charge in [-0.3, -0.25) is 14.5 Å². The number of ether oxygens (including phenoxy) is 1. The van der Waals surface area contributed by atoms with Crippen LogP contribution in [0.1, 0.15) is 28.4 Å². The van der Waals surface area contributed by atoms with E-state index in [0.29, 0.717) is 38.5 Å². The van der Waals surface area contributed by atoms with Crippen molar-refractivity contribution in [2.45, 2.75) is 20.3 Å². The summed E-state index contributed by atoms with van der Waals surface area (Å²) in [6, 6.07) is 15.5. The van der Waals surface area contributed by atoms with Gasteiger partial charge >= 0.3 is 0 Å². The van der Waals surface area contributed by atoms with E-state index < -0.39 is 0 Å². The molecular formula is C23H28N2O3. The number of Topliss-reactive ketones (excluding diaryl/α,β-unsaturated/α-hetero) is 1. The predicted octanol–water partition coefficient (Wildman–Crippen LogP) is 2.96. The Hall–Kier alpha value is -2.66. The van der Waals surface area contributed by atoms with Gasteiger partial charge < -0.3 is 9.64 Å². The second kappa shape index (κ2) is 9.51. The normalized spacial score (nSPS) is 14.7. The van der Waals surface area contributed by atoms with Crippen molar-refractivity contribution in [1.29, 1.82) is 0 Å². The van der Waals surface area contributed by atoms with E-state index in [1.54, 1.807) is 0 Å². The van der Waals surface area contributed by atoms with E-state index in [1.807, 2.05) is 60.4 Å². The number of ketones is 1. The maximum atomic E-state index is 12.5. The maximum absolute atomic E-state index is 12.5. The molecule has 3 rings (SSSR count). The van der Waals surface area contributed by atoms with E-state index in [-0.39, 0.29) is 18.3 Å². The summed E-state index contributed by atoms with van der Waals surface area (Å²) >= 11 is 0. The zero-order chi connectivity index (χ0) is 19.9. The molecule has 1 aliphatic rings. The Labute approximate surface area is 166 Å². The van der Waals surface area contributed by atoms with Gasteiger partial charge in [-0.15, -0.1) is 0 Å². The fourth-order valence-corrected chi connectivity index (χ4v) is 3.25. The Balaban J connectivity index is 1.42. The van der Waals surface area contributed by atoms with Crippen LogP contribution in [-0.2, 0) is 11.2 Å². The third-order valence-electron chi connectivity index (χ3n) is 5.16. The molecule has 0 atom stereocenters. The lowest BCUT2D eigenvalue weighted by atomic mass is 10.1. The summed E-state index contributed by atoms with van der Waals surface area (Å²) < 4.78 is 5.59. The van der Waals surface area contributed by atoms with Crippen molar-refractivity contribution in [1.82, 2.24) is 9.80 Å². The molecule has 2 aromatic rings. The zero-order valence-electron chi connectivity index (χ0n) is 16.7. The third-order valence-corrected chi connectivity index (χ3v) is 5.16. The lowest BCUT2D eigenvalue weighted by Crippen LogP contribution is -2.51. The first-order valence-corrected chi connectivity index (χ1v) is 9.87. The molecule has 1 fully saturated rings. The molecule has 2 aromatic carbocycles. The van der Waals surface area contributed by atoms with Crippen molar-refractivity contribution in [3.63, 3.8) is 0 Å². The van der Waals surface area contributed by atoms with Crippen LogP contribution in [0, 0.1) is 6.92 Å². The molecule has 0 unspecified atom stereocenters. The van der Waals surface area contributed by atoms with E-state index in [1.165, 1.54) is 5.56 Å². The Bertz CT molecular complexity index is 792. The first kappa shape index (κ1) is 20.1. The number of nitrogens with zero attached hydrogens (tertiary/aromatic N) is 2. The quantitative estimate of drug-likeness (QED) is 0.693. The van der Waals surface area contributed by atoms with Crippen LogP contribution in [0.5, 0.6) is 5.75 Å². The van der Waals surface area contributed by atoms with E-state index in [4.69, 9.17) is 4.74 Å². The lowest BCUT2D eigenvalue weighted by molar-refractivity contribution is -0.135. The van der Waals surface area contributed by atoms with Gasteiger partial charge in [0.15, 0.2) is 12.4 Å². The summed E-state index contributed by atoms with van der Waals surface area (Å²) in [6.45, 7) is 7.21. The van der Waals surface area contributed by atoms with Gasteiger partial charge in [-0.25, -0.2) is 0 Å². The molecule has 1 amide bonds. The molecule has 1 aliphatic heterocycles. The molecule has 0 spiro atoms. The van der Waals surface area contributed by atoms with Crippen LogP contribution in [0.3, 0.4) is 0 Å². The number of aryl methyl sites for hydroxylation is 2. The van der Waals surface area contributed by atoms with Crippen LogP contribution in [-0.4, -0.2) is 60.8 Å². The van der Waals surface area contributed by atoms with Gasteiger partial charge in [0.25, 0.3) is 5.91 Å². The van der Waals surface area contributed by atoms with Crippen LogP contribution < -0.4 is 4.74 Å². The summed E-state index contributed by atoms with van der Waals surface area (Å²) in [7, 11) is 0. The molecule has 0 bridgehead atoms. The number of benzene rings is 2. The van der Waals surface area contributed by atoms with Gasteiger partial charge in [0, 0.05) is 31.7 Å². The minimum absolute atomic E-state index is 0.0123. The number of hydrogen-bond acceptors (Lipinski definition) is 4. The van der Waals surface area contributed by atoms with Gasteiger partial charge in [-0.1, -0.05) is 48.9 Å². The molecule has 0 aromatic heterocycles. The van der Waals surface area contributed by atoms with Crippen molar-refractivity contribution >= 4 is 11.7 Å². The van der Waals surface area contributed by atoms with Crippen molar-refractivity contribution in [2.75, 3.05) is 39.3 Å². The number of rotatable bonds is 7. The lowest BCUT2D eigenvalue weighted by Gasteiger charge is -2.34. The average molecular weight is 380 g/mol. The number of hydrogen-bond donors (Lipinski definition) is 0. The average Bonchev–Trinajstić information content (AvgIpc) is 2.73. The van der Waals surface area contributed by atoms with Gasteiger partial charge in [-0.2, -0.15) is 0 Å². The molecule has 1 heterocycles. The van der Waals surface area contributed by atoms with Crippen LogP contribution in [0.15, 0.2) is 48.5 Å². The SMILES string of the molecule is CCc1ccc(C(=O)CN2CCN(C(=O)COc3ccc(C)cc3)CC2)cc1. The molecular weight excluding hydrogens is 352 g/mol. The maximum Gasteiger partial charge on any atom is 0.260 e. The number of amides is 1. The molecule has 148 valence electrons. The fourth-order valence-electron chi connectivity index (χ4n) is 3.25. The van der Waals surface area contributed by atoms with Gasteiger partial charge in [-0.05, 0) is 31.0 Å². The van der Waals surface area contributed by atoms with Crippen molar-refractivity contribution in [2.24, 2.45) is 0 Å². The molecule has 5 heteroatoms. The number of carbonyl (C=O) groups is 2. The largest absolute Gasteiger partial charge is 0.484 e. The van der Waals surface area contributed by atoms with Gasteiger partial charge in [0.1, 0.15) is 5.75 Å². The molecule has 0 saturated carbocycles. The molecule has 28 heavy (non-hydrogen) atoms. The molecule has 5 nitrogen and oxygen atoms in total. The summed E-state index contributed by atoms with van der Waals surface area (Å²) in [5.74, 6) is 0.823. The number of piperazine rings is 1. The third kappa shape index (κ3) is 5.42. The fraction of sp³-hybridized carbons (Fsp3) is 0.391. The number of carbonyl (C=O) groups excluding carboxylic acids is 2. The molecule has 1 saturated heterocycles. The molecule has 0 aliphatic carbocycles. The molecule has 0 N–H and O–H groups in total. The second-order valence-corrected chi connectivity index (χ2v) is 7.23. The van der Waals surface area contributed by atoms with Crippen LogP contribution >= 0.6 is 0 Å².